The van der Waals surface area contributed by atoms with Gasteiger partial charge in [0.25, 0.3) is 5.91 Å². The second-order valence-electron chi connectivity index (χ2n) is 4.75. The number of aliphatic hydroxyl groups is 1. The van der Waals surface area contributed by atoms with Crippen molar-refractivity contribution in [1.82, 2.24) is 4.90 Å². The topological polar surface area (TPSA) is 49.8 Å². The van der Waals surface area contributed by atoms with Crippen LogP contribution in [0.4, 0.5) is 0 Å². The molecule has 0 aliphatic heterocycles. The fraction of sp³-hybridized carbons (Fsp3) is 0.500. The van der Waals surface area contributed by atoms with Gasteiger partial charge in [-0.15, -0.1) is 0 Å². The number of rotatable bonds is 5. The van der Waals surface area contributed by atoms with Crippen LogP contribution in [0.3, 0.4) is 0 Å². The molecule has 1 amide bonds. The quantitative estimate of drug-likeness (QED) is 0.905. The summed E-state index contributed by atoms with van der Waals surface area (Å²) in [5.41, 5.74) is 0.711. The third-order valence-electron chi connectivity index (χ3n) is 2.96. The van der Waals surface area contributed by atoms with E-state index in [2.05, 4.69) is 0 Å². The van der Waals surface area contributed by atoms with Gasteiger partial charge in [0.15, 0.2) is 6.61 Å². The van der Waals surface area contributed by atoms with Crippen LogP contribution < -0.4 is 4.74 Å². The van der Waals surface area contributed by atoms with Crippen molar-refractivity contribution in [3.05, 3.63) is 28.8 Å². The number of benzene rings is 1. The highest BCUT2D eigenvalue weighted by molar-refractivity contribution is 6.32. The largest absolute Gasteiger partial charge is 0.482 e. The first-order valence-electron chi connectivity index (χ1n) is 6.19. The minimum atomic E-state index is -0.583. The van der Waals surface area contributed by atoms with Crippen molar-refractivity contribution in [3.63, 3.8) is 0 Å². The van der Waals surface area contributed by atoms with Gasteiger partial charge < -0.3 is 14.7 Å². The van der Waals surface area contributed by atoms with E-state index in [9.17, 15) is 9.90 Å². The summed E-state index contributed by atoms with van der Waals surface area (Å²) in [6.07, 6.45) is -0.583. The van der Waals surface area contributed by atoms with E-state index >= 15 is 0 Å². The van der Waals surface area contributed by atoms with Crippen molar-refractivity contribution in [2.24, 2.45) is 0 Å². The Labute approximate surface area is 118 Å². The Morgan fingerprint density at radius 1 is 1.42 bits per heavy atom. The third-order valence-corrected chi connectivity index (χ3v) is 3.25. The first kappa shape index (κ1) is 15.8. The van der Waals surface area contributed by atoms with Gasteiger partial charge in [0, 0.05) is 13.1 Å². The second-order valence-corrected chi connectivity index (χ2v) is 5.16. The fourth-order valence-corrected chi connectivity index (χ4v) is 1.67. The number of amides is 1. The Morgan fingerprint density at radius 2 is 2.05 bits per heavy atom. The minimum Gasteiger partial charge on any atom is -0.482 e. The lowest BCUT2D eigenvalue weighted by atomic mass is 10.1. The molecule has 0 fully saturated rings. The molecule has 1 unspecified atom stereocenters. The van der Waals surface area contributed by atoms with Crippen LogP contribution in [-0.4, -0.2) is 35.6 Å². The number of halogens is 1. The molecule has 19 heavy (non-hydrogen) atoms. The van der Waals surface area contributed by atoms with E-state index in [-0.39, 0.29) is 18.6 Å². The third kappa shape index (κ3) is 4.40. The van der Waals surface area contributed by atoms with Gasteiger partial charge in [-0.25, -0.2) is 0 Å². The van der Waals surface area contributed by atoms with Crippen molar-refractivity contribution in [2.45, 2.75) is 32.9 Å². The molecule has 0 aromatic heterocycles. The van der Waals surface area contributed by atoms with Crippen LogP contribution in [0.5, 0.6) is 5.75 Å². The molecule has 1 aromatic carbocycles. The highest BCUT2D eigenvalue weighted by Gasteiger charge is 2.13. The number of aliphatic hydroxyl groups excluding tert-OH is 1. The van der Waals surface area contributed by atoms with Gasteiger partial charge in [-0.2, -0.15) is 0 Å². The molecule has 0 heterocycles. The summed E-state index contributed by atoms with van der Waals surface area (Å²) in [4.78, 5) is 13.4. The van der Waals surface area contributed by atoms with Crippen molar-refractivity contribution >= 4 is 17.5 Å². The van der Waals surface area contributed by atoms with Crippen LogP contribution in [0.25, 0.3) is 0 Å². The minimum absolute atomic E-state index is 0.0531. The zero-order valence-electron chi connectivity index (χ0n) is 11.7. The maximum atomic E-state index is 11.8. The monoisotopic (exact) mass is 285 g/mol. The predicted octanol–water partition coefficient (Wildman–Crippen LogP) is 2.64. The van der Waals surface area contributed by atoms with E-state index in [1.54, 1.807) is 37.1 Å². The number of ether oxygens (including phenoxy) is 1. The lowest BCUT2D eigenvalue weighted by Crippen LogP contribution is -2.36. The van der Waals surface area contributed by atoms with Gasteiger partial charge in [0.2, 0.25) is 0 Å². The Hall–Kier alpha value is -1.26. The summed E-state index contributed by atoms with van der Waals surface area (Å²) in [6.45, 7) is 5.47. The first-order valence-corrected chi connectivity index (χ1v) is 6.56. The van der Waals surface area contributed by atoms with E-state index in [1.807, 2.05) is 13.8 Å². The van der Waals surface area contributed by atoms with Gasteiger partial charge in [0.05, 0.1) is 11.1 Å². The number of carbonyl (C=O) groups is 1. The normalized spacial score (nSPS) is 12.4. The van der Waals surface area contributed by atoms with E-state index in [1.165, 1.54) is 0 Å². The lowest BCUT2D eigenvalue weighted by Gasteiger charge is -2.21. The van der Waals surface area contributed by atoms with E-state index in [4.69, 9.17) is 16.3 Å². The average Bonchev–Trinajstić information content (AvgIpc) is 2.35. The fourth-order valence-electron chi connectivity index (χ4n) is 1.42. The molecule has 0 bridgehead atoms. The standard InChI is InChI=1S/C14H20ClNO3/c1-9(2)16(4)14(18)8-19-13-6-5-11(10(3)17)7-12(13)15/h5-7,9-10,17H,8H2,1-4H3. The maximum absolute atomic E-state index is 11.8. The average molecular weight is 286 g/mol. The van der Waals surface area contributed by atoms with Crippen LogP contribution in [0.15, 0.2) is 18.2 Å². The van der Waals surface area contributed by atoms with E-state index in [0.717, 1.165) is 0 Å². The molecule has 0 aliphatic carbocycles. The van der Waals surface area contributed by atoms with Crippen molar-refractivity contribution in [3.8, 4) is 5.75 Å². The van der Waals surface area contributed by atoms with Gasteiger partial charge in [0.1, 0.15) is 5.75 Å². The summed E-state index contributed by atoms with van der Waals surface area (Å²) in [6, 6.07) is 5.15. The summed E-state index contributed by atoms with van der Waals surface area (Å²) in [5, 5.41) is 9.82. The molecule has 106 valence electrons. The number of hydrogen-bond acceptors (Lipinski definition) is 3. The zero-order chi connectivity index (χ0) is 14.6. The van der Waals surface area contributed by atoms with Gasteiger partial charge in [-0.05, 0) is 38.5 Å². The lowest BCUT2D eigenvalue weighted by molar-refractivity contribution is -0.133. The Morgan fingerprint density at radius 3 is 2.53 bits per heavy atom. The summed E-state index contributed by atoms with van der Waals surface area (Å²) < 4.78 is 5.40. The van der Waals surface area contributed by atoms with Crippen molar-refractivity contribution < 1.29 is 14.6 Å². The second kappa shape index (κ2) is 6.78. The summed E-state index contributed by atoms with van der Waals surface area (Å²) in [7, 11) is 1.73. The molecule has 1 aromatic rings. The highest BCUT2D eigenvalue weighted by Crippen LogP contribution is 2.27. The molecule has 5 heteroatoms. The van der Waals surface area contributed by atoms with Crippen LogP contribution in [-0.2, 0) is 4.79 Å². The van der Waals surface area contributed by atoms with Crippen LogP contribution in [0.1, 0.15) is 32.4 Å². The molecular weight excluding hydrogens is 266 g/mol. The molecule has 1 rings (SSSR count). The highest BCUT2D eigenvalue weighted by atomic mass is 35.5. The first-order chi connectivity index (χ1) is 8.82. The van der Waals surface area contributed by atoms with Crippen molar-refractivity contribution in [1.29, 1.82) is 0 Å². The zero-order valence-corrected chi connectivity index (χ0v) is 12.4. The molecule has 0 saturated carbocycles. The molecule has 1 N–H and O–H groups in total. The van der Waals surface area contributed by atoms with Gasteiger partial charge in [-0.1, -0.05) is 17.7 Å². The van der Waals surface area contributed by atoms with Crippen LogP contribution in [0.2, 0.25) is 5.02 Å². The molecule has 4 nitrogen and oxygen atoms in total. The molecular formula is C14H20ClNO3. The Kier molecular flexibility index (Phi) is 5.63. The maximum Gasteiger partial charge on any atom is 0.260 e. The molecule has 0 saturated heterocycles. The smallest absolute Gasteiger partial charge is 0.260 e. The molecule has 1 atom stereocenters. The summed E-state index contributed by atoms with van der Waals surface area (Å²) in [5.74, 6) is 0.335. The number of nitrogens with zero attached hydrogens (tertiary/aromatic N) is 1. The Bertz CT molecular complexity index is 446. The van der Waals surface area contributed by atoms with Crippen molar-refractivity contribution in [2.75, 3.05) is 13.7 Å². The molecule has 0 aliphatic rings. The Balaban J connectivity index is 2.66. The number of hydrogen-bond donors (Lipinski definition) is 1. The summed E-state index contributed by atoms with van der Waals surface area (Å²) >= 11 is 6.04. The van der Waals surface area contributed by atoms with Gasteiger partial charge in [-0.3, -0.25) is 4.79 Å². The van der Waals surface area contributed by atoms with Gasteiger partial charge >= 0.3 is 0 Å². The number of carbonyl (C=O) groups excluding carboxylic acids is 1. The van der Waals surface area contributed by atoms with Crippen LogP contribution >= 0.6 is 11.6 Å². The van der Waals surface area contributed by atoms with E-state index < -0.39 is 6.10 Å². The molecule has 0 radical (unpaired) electrons. The predicted molar refractivity (Wildman–Crippen MR) is 75.5 cm³/mol. The SMILES string of the molecule is CC(O)c1ccc(OCC(=O)N(C)C(C)C)c(Cl)c1. The number of likely N-dealkylation sites (N-methyl/N-ethyl adjacent to an activating group) is 1. The van der Waals surface area contributed by atoms with E-state index in [0.29, 0.717) is 16.3 Å². The molecule has 0 spiro atoms. The van der Waals surface area contributed by atoms with Crippen LogP contribution in [0, 0.1) is 0 Å².